The lowest BCUT2D eigenvalue weighted by atomic mass is 10.3. The number of benzene rings is 1. The molecule has 0 saturated carbocycles. The number of rotatable bonds is 3. The van der Waals surface area contributed by atoms with E-state index in [-0.39, 0.29) is 4.90 Å². The van der Waals surface area contributed by atoms with Crippen LogP contribution in [0.15, 0.2) is 32.2 Å². The number of hydrogen-bond acceptors (Lipinski definition) is 5. The highest BCUT2D eigenvalue weighted by Gasteiger charge is 2.22. The van der Waals surface area contributed by atoms with Gasteiger partial charge in [0.1, 0.15) is 4.90 Å². The van der Waals surface area contributed by atoms with Crippen LogP contribution < -0.4 is 10.5 Å². The molecule has 0 fully saturated rings. The molecule has 0 unspecified atom stereocenters. The molecule has 102 valence electrons. The smallest absolute Gasteiger partial charge is 0.265 e. The Labute approximate surface area is 131 Å². The van der Waals surface area contributed by atoms with E-state index in [0.717, 1.165) is 4.88 Å². The predicted molar refractivity (Wildman–Crippen MR) is 83.9 cm³/mol. The van der Waals surface area contributed by atoms with Gasteiger partial charge in [-0.3, -0.25) is 4.72 Å². The zero-order valence-corrected chi connectivity index (χ0v) is 14.5. The second-order valence-electron chi connectivity index (χ2n) is 3.70. The summed E-state index contributed by atoms with van der Waals surface area (Å²) in [6.45, 7) is 1.85. The maximum absolute atomic E-state index is 12.3. The topological polar surface area (TPSA) is 85.1 Å². The van der Waals surface area contributed by atoms with Gasteiger partial charge in [0.2, 0.25) is 0 Å². The fourth-order valence-electron chi connectivity index (χ4n) is 1.40. The first kappa shape index (κ1) is 14.8. The van der Waals surface area contributed by atoms with Gasteiger partial charge in [-0.05, 0) is 50.9 Å². The first-order chi connectivity index (χ1) is 8.79. The minimum atomic E-state index is -3.73. The summed E-state index contributed by atoms with van der Waals surface area (Å²) in [4.78, 5) is 4.99. The number of aromatic nitrogens is 1. The van der Waals surface area contributed by atoms with Gasteiger partial charge in [-0.15, -0.1) is 11.3 Å². The van der Waals surface area contributed by atoms with E-state index in [9.17, 15) is 8.42 Å². The number of thiazole rings is 1. The van der Waals surface area contributed by atoms with Crippen molar-refractivity contribution in [2.75, 3.05) is 10.5 Å². The number of nitrogens with two attached hydrogens (primary N) is 1. The van der Waals surface area contributed by atoms with Gasteiger partial charge in [0.25, 0.3) is 10.0 Å². The highest BCUT2D eigenvalue weighted by atomic mass is 79.9. The fraction of sp³-hybridized carbons (Fsp3) is 0.100. The van der Waals surface area contributed by atoms with Crippen LogP contribution in [0, 0.1) is 6.92 Å². The Kier molecular flexibility index (Phi) is 4.19. The van der Waals surface area contributed by atoms with Crippen LogP contribution in [0.3, 0.4) is 0 Å². The molecule has 9 heteroatoms. The lowest BCUT2D eigenvalue weighted by Crippen LogP contribution is -2.14. The molecule has 2 aromatic rings. The Hall–Kier alpha value is -0.640. The van der Waals surface area contributed by atoms with E-state index < -0.39 is 10.0 Å². The fourth-order valence-corrected chi connectivity index (χ4v) is 5.93. The summed E-state index contributed by atoms with van der Waals surface area (Å²) >= 11 is 7.68. The Morgan fingerprint density at radius 2 is 1.89 bits per heavy atom. The molecule has 0 aliphatic carbocycles. The number of nitrogens with zero attached hydrogens (tertiary/aromatic N) is 1. The van der Waals surface area contributed by atoms with Crippen LogP contribution in [-0.2, 0) is 10.0 Å². The van der Waals surface area contributed by atoms with Crippen LogP contribution in [0.4, 0.5) is 10.8 Å². The molecule has 0 bridgehead atoms. The monoisotopic (exact) mass is 425 g/mol. The van der Waals surface area contributed by atoms with Crippen molar-refractivity contribution in [3.05, 3.63) is 32.2 Å². The summed E-state index contributed by atoms with van der Waals surface area (Å²) in [5.74, 6) is 0. The third kappa shape index (κ3) is 3.28. The third-order valence-corrected chi connectivity index (χ3v) is 6.30. The molecular weight excluding hydrogens is 418 g/mol. The molecule has 5 nitrogen and oxygen atoms in total. The largest absolute Gasteiger partial charge is 0.399 e. The van der Waals surface area contributed by atoms with Crippen molar-refractivity contribution >= 4 is 64.0 Å². The maximum atomic E-state index is 12.3. The normalized spacial score (nSPS) is 11.5. The Balaban J connectivity index is 2.45. The first-order valence-corrected chi connectivity index (χ1v) is 8.88. The van der Waals surface area contributed by atoms with Crippen molar-refractivity contribution in [3.63, 3.8) is 0 Å². The summed E-state index contributed by atoms with van der Waals surface area (Å²) in [5.41, 5.74) is 6.10. The van der Waals surface area contributed by atoms with Crippen molar-refractivity contribution in [3.8, 4) is 0 Å². The second kappa shape index (κ2) is 5.39. The predicted octanol–water partition coefficient (Wildman–Crippen LogP) is 3.36. The zero-order valence-electron chi connectivity index (χ0n) is 9.65. The van der Waals surface area contributed by atoms with Gasteiger partial charge in [-0.25, -0.2) is 13.4 Å². The van der Waals surface area contributed by atoms with Crippen LogP contribution in [0.25, 0.3) is 0 Å². The zero-order chi connectivity index (χ0) is 14.2. The number of aryl methyl sites for hydroxylation is 1. The third-order valence-electron chi connectivity index (χ3n) is 2.13. The van der Waals surface area contributed by atoms with Gasteiger partial charge in [0.15, 0.2) is 5.13 Å². The number of sulfonamides is 1. The maximum Gasteiger partial charge on any atom is 0.265 e. The van der Waals surface area contributed by atoms with Gasteiger partial charge in [-0.1, -0.05) is 0 Å². The summed E-state index contributed by atoms with van der Waals surface area (Å²) < 4.78 is 27.9. The van der Waals surface area contributed by atoms with Crippen LogP contribution in [0.1, 0.15) is 4.88 Å². The lowest BCUT2D eigenvalue weighted by molar-refractivity contribution is 0.600. The van der Waals surface area contributed by atoms with Gasteiger partial charge >= 0.3 is 0 Å². The molecule has 2 rings (SSSR count). The van der Waals surface area contributed by atoms with E-state index >= 15 is 0 Å². The van der Waals surface area contributed by atoms with Crippen LogP contribution in [0.2, 0.25) is 0 Å². The molecule has 3 N–H and O–H groups in total. The average Bonchev–Trinajstić information content (AvgIpc) is 2.60. The van der Waals surface area contributed by atoms with E-state index in [2.05, 4.69) is 41.6 Å². The summed E-state index contributed by atoms with van der Waals surface area (Å²) in [5, 5.41) is 0.327. The summed E-state index contributed by atoms with van der Waals surface area (Å²) in [7, 11) is -3.73. The lowest BCUT2D eigenvalue weighted by Gasteiger charge is -2.10. The number of nitrogens with one attached hydrogen (secondary N) is 1. The molecule has 0 amide bonds. The molecule has 0 radical (unpaired) electrons. The molecule has 0 aliphatic heterocycles. The van der Waals surface area contributed by atoms with Gasteiger partial charge in [-0.2, -0.15) is 0 Å². The SMILES string of the molecule is Cc1cnc(NS(=O)(=O)c2c(Br)cc(N)cc2Br)s1. The van der Waals surface area contributed by atoms with E-state index in [1.54, 1.807) is 6.20 Å². The van der Waals surface area contributed by atoms with Gasteiger partial charge in [0.05, 0.1) is 0 Å². The minimum Gasteiger partial charge on any atom is -0.399 e. The molecular formula is C10H9Br2N3O2S2. The summed E-state index contributed by atoms with van der Waals surface area (Å²) in [6.07, 6.45) is 1.61. The Bertz CT molecular complexity index is 705. The van der Waals surface area contributed by atoms with E-state index in [1.165, 1.54) is 23.5 Å². The van der Waals surface area contributed by atoms with E-state index in [4.69, 9.17) is 5.73 Å². The van der Waals surface area contributed by atoms with Crippen molar-refractivity contribution < 1.29 is 8.42 Å². The molecule has 19 heavy (non-hydrogen) atoms. The van der Waals surface area contributed by atoms with Crippen LogP contribution >= 0.6 is 43.2 Å². The van der Waals surface area contributed by atoms with Crippen molar-refractivity contribution in [1.82, 2.24) is 4.98 Å². The van der Waals surface area contributed by atoms with E-state index in [1.807, 2.05) is 6.92 Å². The number of halogens is 2. The molecule has 1 aromatic heterocycles. The van der Waals surface area contributed by atoms with Gasteiger partial charge < -0.3 is 5.73 Å². The Morgan fingerprint density at radius 3 is 2.37 bits per heavy atom. The van der Waals surface area contributed by atoms with Crippen molar-refractivity contribution in [1.29, 1.82) is 0 Å². The first-order valence-electron chi connectivity index (χ1n) is 4.99. The number of anilines is 2. The number of hydrogen-bond donors (Lipinski definition) is 2. The highest BCUT2D eigenvalue weighted by Crippen LogP contribution is 2.34. The number of nitrogen functional groups attached to an aromatic ring is 1. The minimum absolute atomic E-state index is 0.0922. The molecule has 1 aromatic carbocycles. The van der Waals surface area contributed by atoms with Gasteiger partial charge in [0, 0.05) is 25.7 Å². The van der Waals surface area contributed by atoms with Crippen molar-refractivity contribution in [2.24, 2.45) is 0 Å². The highest BCUT2D eigenvalue weighted by molar-refractivity contribution is 9.11. The van der Waals surface area contributed by atoms with Crippen LogP contribution in [-0.4, -0.2) is 13.4 Å². The molecule has 0 atom stereocenters. The Morgan fingerprint density at radius 1 is 1.32 bits per heavy atom. The molecule has 0 aliphatic rings. The van der Waals surface area contributed by atoms with E-state index in [0.29, 0.717) is 19.8 Å². The summed E-state index contributed by atoms with van der Waals surface area (Å²) in [6, 6.07) is 3.07. The average molecular weight is 427 g/mol. The second-order valence-corrected chi connectivity index (χ2v) is 8.26. The molecule has 1 heterocycles. The quantitative estimate of drug-likeness (QED) is 0.736. The molecule has 0 spiro atoms. The van der Waals surface area contributed by atoms with Crippen LogP contribution in [0.5, 0.6) is 0 Å². The molecule has 0 saturated heterocycles. The van der Waals surface area contributed by atoms with Crippen molar-refractivity contribution in [2.45, 2.75) is 11.8 Å². The standard InChI is InChI=1S/C10H9Br2N3O2S2/c1-5-4-14-10(18-5)15-19(16,17)9-7(11)2-6(13)3-8(9)12/h2-4H,13H2,1H3,(H,14,15).